The number of hydrogen-bond donors (Lipinski definition) is 2. The first-order valence-corrected chi connectivity index (χ1v) is 8.61. The molecule has 2 unspecified atom stereocenters. The first-order chi connectivity index (χ1) is 9.48. The van der Waals surface area contributed by atoms with Gasteiger partial charge in [0.05, 0.1) is 6.61 Å². The van der Waals surface area contributed by atoms with Gasteiger partial charge in [-0.1, -0.05) is 27.7 Å². The van der Waals surface area contributed by atoms with Crippen LogP contribution in [0.5, 0.6) is 0 Å². The fourth-order valence-electron chi connectivity index (χ4n) is 4.45. The molecule has 1 saturated heterocycles. The van der Waals surface area contributed by atoms with Crippen LogP contribution in [0.4, 0.5) is 0 Å². The maximum Gasteiger partial charge on any atom is 0.0614 e. The highest BCUT2D eigenvalue weighted by Gasteiger charge is 2.45. The third kappa shape index (κ3) is 3.20. The second kappa shape index (κ2) is 6.33. The Bertz CT molecular complexity index is 314. The normalized spacial score (nSPS) is 34.2. The van der Waals surface area contributed by atoms with Crippen molar-refractivity contribution in [3.63, 3.8) is 0 Å². The van der Waals surface area contributed by atoms with E-state index in [1.54, 1.807) is 0 Å². The van der Waals surface area contributed by atoms with E-state index >= 15 is 0 Å². The van der Waals surface area contributed by atoms with Crippen LogP contribution in [0.15, 0.2) is 0 Å². The highest BCUT2D eigenvalue weighted by atomic mass is 16.3. The van der Waals surface area contributed by atoms with Gasteiger partial charge in [-0.2, -0.15) is 0 Å². The Balaban J connectivity index is 1.96. The van der Waals surface area contributed by atoms with Crippen LogP contribution in [0.2, 0.25) is 0 Å². The molecule has 0 radical (unpaired) electrons. The monoisotopic (exact) mass is 282 g/mol. The summed E-state index contributed by atoms with van der Waals surface area (Å²) in [5.74, 6) is 0. The van der Waals surface area contributed by atoms with E-state index in [4.69, 9.17) is 0 Å². The Morgan fingerprint density at radius 3 is 2.45 bits per heavy atom. The van der Waals surface area contributed by atoms with Crippen molar-refractivity contribution >= 4 is 0 Å². The Hall–Kier alpha value is -0.120. The van der Waals surface area contributed by atoms with E-state index in [9.17, 15) is 5.11 Å². The molecule has 2 rings (SSSR count). The smallest absolute Gasteiger partial charge is 0.0614 e. The van der Waals surface area contributed by atoms with E-state index in [0.29, 0.717) is 17.5 Å². The molecule has 20 heavy (non-hydrogen) atoms. The lowest BCUT2D eigenvalue weighted by molar-refractivity contribution is 0.137. The Kier molecular flexibility index (Phi) is 5.14. The predicted molar refractivity (Wildman–Crippen MR) is 84.9 cm³/mol. The molecule has 2 aliphatic rings. The predicted octanol–water partition coefficient (Wildman–Crippen LogP) is 2.78. The molecule has 2 N–H and O–H groups in total. The SMILES string of the molecule is CCC1(CC)CCN(C2CCC(CO)(NC(C)C)C2)C1. The number of rotatable bonds is 6. The van der Waals surface area contributed by atoms with Gasteiger partial charge in [0.1, 0.15) is 0 Å². The molecule has 0 spiro atoms. The zero-order valence-electron chi connectivity index (χ0n) is 13.9. The number of aliphatic hydroxyl groups is 1. The summed E-state index contributed by atoms with van der Waals surface area (Å²) in [5, 5.41) is 13.5. The largest absolute Gasteiger partial charge is 0.394 e. The Labute approximate surface area is 125 Å². The number of likely N-dealkylation sites (tertiary alicyclic amines) is 1. The van der Waals surface area contributed by atoms with Gasteiger partial charge in [-0.25, -0.2) is 0 Å². The van der Waals surface area contributed by atoms with Crippen molar-refractivity contribution < 1.29 is 5.11 Å². The fourth-order valence-corrected chi connectivity index (χ4v) is 4.45. The molecule has 1 aliphatic heterocycles. The fraction of sp³-hybridized carbons (Fsp3) is 1.00. The molecule has 1 aliphatic carbocycles. The molecule has 0 aromatic carbocycles. The van der Waals surface area contributed by atoms with Gasteiger partial charge in [0.15, 0.2) is 0 Å². The van der Waals surface area contributed by atoms with E-state index in [0.717, 1.165) is 12.8 Å². The minimum Gasteiger partial charge on any atom is -0.394 e. The van der Waals surface area contributed by atoms with Gasteiger partial charge in [0, 0.05) is 24.2 Å². The summed E-state index contributed by atoms with van der Waals surface area (Å²) < 4.78 is 0. The van der Waals surface area contributed by atoms with Gasteiger partial charge < -0.3 is 10.4 Å². The molecule has 3 nitrogen and oxygen atoms in total. The Morgan fingerprint density at radius 2 is 1.95 bits per heavy atom. The van der Waals surface area contributed by atoms with Crippen LogP contribution in [0, 0.1) is 5.41 Å². The van der Waals surface area contributed by atoms with Crippen molar-refractivity contribution in [3.05, 3.63) is 0 Å². The van der Waals surface area contributed by atoms with Crippen molar-refractivity contribution in [1.82, 2.24) is 10.2 Å². The van der Waals surface area contributed by atoms with Crippen LogP contribution < -0.4 is 5.32 Å². The van der Waals surface area contributed by atoms with Crippen LogP contribution >= 0.6 is 0 Å². The number of nitrogens with one attached hydrogen (secondary N) is 1. The molecule has 0 bridgehead atoms. The third-order valence-corrected chi connectivity index (χ3v) is 5.96. The van der Waals surface area contributed by atoms with E-state index in [1.165, 1.54) is 38.8 Å². The topological polar surface area (TPSA) is 35.5 Å². The molecule has 2 fully saturated rings. The van der Waals surface area contributed by atoms with E-state index in [-0.39, 0.29) is 12.1 Å². The number of nitrogens with zero attached hydrogens (tertiary/aromatic N) is 1. The first-order valence-electron chi connectivity index (χ1n) is 8.61. The van der Waals surface area contributed by atoms with E-state index in [1.807, 2.05) is 0 Å². The molecule has 1 saturated carbocycles. The zero-order valence-corrected chi connectivity index (χ0v) is 13.9. The van der Waals surface area contributed by atoms with Crippen LogP contribution in [0.3, 0.4) is 0 Å². The molecule has 0 aromatic rings. The lowest BCUT2D eigenvalue weighted by atomic mass is 9.82. The van der Waals surface area contributed by atoms with Gasteiger partial charge in [0.2, 0.25) is 0 Å². The van der Waals surface area contributed by atoms with E-state index in [2.05, 4.69) is 37.9 Å². The minimum absolute atomic E-state index is 0.0253. The lowest BCUT2D eigenvalue weighted by Crippen LogP contribution is -2.50. The van der Waals surface area contributed by atoms with Crippen molar-refractivity contribution in [2.24, 2.45) is 5.41 Å². The average molecular weight is 282 g/mol. The lowest BCUT2D eigenvalue weighted by Gasteiger charge is -2.33. The maximum atomic E-state index is 9.84. The molecule has 0 amide bonds. The van der Waals surface area contributed by atoms with Gasteiger partial charge in [0.25, 0.3) is 0 Å². The van der Waals surface area contributed by atoms with Gasteiger partial charge in [-0.3, -0.25) is 4.90 Å². The number of hydrogen-bond acceptors (Lipinski definition) is 3. The summed E-state index contributed by atoms with van der Waals surface area (Å²) in [6, 6.07) is 1.12. The Morgan fingerprint density at radius 1 is 1.25 bits per heavy atom. The first kappa shape index (κ1) is 16.3. The van der Waals surface area contributed by atoms with Crippen molar-refractivity contribution in [2.75, 3.05) is 19.7 Å². The molecule has 2 atom stereocenters. The molecule has 3 heteroatoms. The second-order valence-electron chi connectivity index (χ2n) is 7.56. The van der Waals surface area contributed by atoms with Gasteiger partial charge in [-0.15, -0.1) is 0 Å². The third-order valence-electron chi connectivity index (χ3n) is 5.96. The number of aliphatic hydroxyl groups excluding tert-OH is 1. The average Bonchev–Trinajstić information content (AvgIpc) is 3.03. The van der Waals surface area contributed by atoms with Crippen molar-refractivity contribution in [3.8, 4) is 0 Å². The minimum atomic E-state index is -0.0253. The summed E-state index contributed by atoms with van der Waals surface area (Å²) in [4.78, 5) is 2.71. The van der Waals surface area contributed by atoms with Crippen molar-refractivity contribution in [2.45, 2.75) is 83.8 Å². The highest BCUT2D eigenvalue weighted by molar-refractivity contribution is 5.02. The molecular weight excluding hydrogens is 248 g/mol. The van der Waals surface area contributed by atoms with Gasteiger partial charge >= 0.3 is 0 Å². The zero-order chi connectivity index (χ0) is 14.8. The summed E-state index contributed by atoms with van der Waals surface area (Å²) in [6.07, 6.45) is 7.45. The molecule has 118 valence electrons. The summed E-state index contributed by atoms with van der Waals surface area (Å²) >= 11 is 0. The molecular formula is C17H34N2O. The van der Waals surface area contributed by atoms with E-state index < -0.39 is 0 Å². The summed E-state index contributed by atoms with van der Waals surface area (Å²) in [6.45, 7) is 11.9. The standard InChI is InChI=1S/C17H34N2O/c1-5-16(6-2)9-10-19(12-16)15-7-8-17(11-15,13-20)18-14(3)4/h14-15,18,20H,5-13H2,1-4H3. The van der Waals surface area contributed by atoms with Crippen molar-refractivity contribution in [1.29, 1.82) is 0 Å². The second-order valence-corrected chi connectivity index (χ2v) is 7.56. The summed E-state index contributed by atoms with van der Waals surface area (Å²) in [7, 11) is 0. The van der Waals surface area contributed by atoms with Gasteiger partial charge in [-0.05, 0) is 50.5 Å². The molecule has 0 aromatic heterocycles. The van der Waals surface area contributed by atoms with Crippen LogP contribution in [0.1, 0.15) is 66.2 Å². The summed E-state index contributed by atoms with van der Waals surface area (Å²) in [5.41, 5.74) is 0.540. The highest BCUT2D eigenvalue weighted by Crippen LogP contribution is 2.42. The van der Waals surface area contributed by atoms with Crippen LogP contribution in [0.25, 0.3) is 0 Å². The maximum absolute atomic E-state index is 9.84. The quantitative estimate of drug-likeness (QED) is 0.786. The van der Waals surface area contributed by atoms with Crippen LogP contribution in [-0.4, -0.2) is 47.3 Å². The van der Waals surface area contributed by atoms with Crippen LogP contribution in [-0.2, 0) is 0 Å². The molecule has 1 heterocycles.